The molecule has 2 rings (SSSR count). The number of ether oxygens (including phenoxy) is 1. The van der Waals surface area contributed by atoms with E-state index in [9.17, 15) is 36.9 Å². The normalized spacial score (nSPS) is 20.8. The zero-order valence-electron chi connectivity index (χ0n) is 20.7. The van der Waals surface area contributed by atoms with Gasteiger partial charge in [-0.25, -0.2) is 18.9 Å². The summed E-state index contributed by atoms with van der Waals surface area (Å²) in [5.74, 6) is -1.77. The molecule has 12 nitrogen and oxygen atoms in total. The molecular formula is C21H27F3N3O9PS. The molecular weight excluding hydrogens is 558 g/mol. The van der Waals surface area contributed by atoms with E-state index >= 15 is 0 Å². The van der Waals surface area contributed by atoms with E-state index in [-0.39, 0.29) is 37.1 Å². The monoisotopic (exact) mass is 585 g/mol. The number of carbonyl (C=O) groups excluding carboxylic acids is 4. The van der Waals surface area contributed by atoms with Gasteiger partial charge in [0.1, 0.15) is 5.69 Å². The van der Waals surface area contributed by atoms with Crippen LogP contribution in [-0.4, -0.2) is 66.2 Å². The van der Waals surface area contributed by atoms with Crippen LogP contribution in [0.1, 0.15) is 43.2 Å². The second kappa shape index (κ2) is 13.5. The molecule has 1 unspecified atom stereocenters. The molecule has 0 aromatic carbocycles. The molecule has 1 aromatic heterocycles. The lowest BCUT2D eigenvalue weighted by atomic mass is 9.87. The highest BCUT2D eigenvalue weighted by molar-refractivity contribution is 8.13. The summed E-state index contributed by atoms with van der Waals surface area (Å²) in [4.78, 5) is 50.7. The Labute approximate surface area is 220 Å². The number of nitrogens with one attached hydrogen (secondary N) is 2. The van der Waals surface area contributed by atoms with Gasteiger partial charge < -0.3 is 15.4 Å². The first-order chi connectivity index (χ1) is 17.6. The van der Waals surface area contributed by atoms with Gasteiger partial charge >= 0.3 is 20.0 Å². The molecule has 1 aliphatic rings. The maximum atomic E-state index is 12.8. The van der Waals surface area contributed by atoms with Crippen LogP contribution in [0, 0.1) is 5.41 Å². The average Bonchev–Trinajstić information content (AvgIpc) is 2.83. The van der Waals surface area contributed by atoms with Gasteiger partial charge in [-0.1, -0.05) is 25.6 Å². The first-order valence-corrected chi connectivity index (χ1v) is 13.5. The standard InChI is InChI=1S/C21H27F3N3O9PS/c1-13(28)38-9-8-25-16(29)6-7-26-18(30)17-20(2,3)11-34-37(32,36-17)35-12-33-19(31)15-5-4-14(10-27-15)21(22,23)24/h4-5,10,17H,6-9,11-12H2,1-3H3,(H,25,29)(H,26,30)/t17-,37?/m0/s1. The fraction of sp³-hybridized carbons (Fsp3) is 0.571. The molecule has 2 heterocycles. The largest absolute Gasteiger partial charge is 0.478 e. The van der Waals surface area contributed by atoms with E-state index in [1.165, 1.54) is 6.92 Å². The molecule has 17 heteroatoms. The molecule has 1 aliphatic heterocycles. The van der Waals surface area contributed by atoms with Crippen LogP contribution in [-0.2, 0) is 43.4 Å². The molecule has 1 fully saturated rings. The highest BCUT2D eigenvalue weighted by Crippen LogP contribution is 2.57. The van der Waals surface area contributed by atoms with Crippen LogP contribution in [0.5, 0.6) is 0 Å². The van der Waals surface area contributed by atoms with E-state index in [2.05, 4.69) is 15.6 Å². The minimum Gasteiger partial charge on any atom is -0.433 e. The molecule has 1 aromatic rings. The van der Waals surface area contributed by atoms with Crippen molar-refractivity contribution in [3.05, 3.63) is 29.6 Å². The maximum absolute atomic E-state index is 12.8. The predicted octanol–water partition coefficient (Wildman–Crippen LogP) is 2.68. The Morgan fingerprint density at radius 1 is 1.21 bits per heavy atom. The Morgan fingerprint density at radius 3 is 2.53 bits per heavy atom. The topological polar surface area (TPSA) is 159 Å². The lowest BCUT2D eigenvalue weighted by molar-refractivity contribution is -0.143. The Balaban J connectivity index is 1.83. The highest BCUT2D eigenvalue weighted by Gasteiger charge is 2.49. The van der Waals surface area contributed by atoms with Gasteiger partial charge in [0.2, 0.25) is 18.6 Å². The van der Waals surface area contributed by atoms with Crippen LogP contribution in [0.15, 0.2) is 18.3 Å². The van der Waals surface area contributed by atoms with E-state index < -0.39 is 55.4 Å². The molecule has 0 radical (unpaired) electrons. The molecule has 0 spiro atoms. The smallest absolute Gasteiger partial charge is 0.433 e. The van der Waals surface area contributed by atoms with Crippen LogP contribution in [0.2, 0.25) is 0 Å². The second-order valence-corrected chi connectivity index (χ2v) is 11.4. The number of halogens is 3. The van der Waals surface area contributed by atoms with Gasteiger partial charge in [0.25, 0.3) is 0 Å². The summed E-state index contributed by atoms with van der Waals surface area (Å²) in [7, 11) is -4.38. The van der Waals surface area contributed by atoms with Gasteiger partial charge in [-0.15, -0.1) is 0 Å². The van der Waals surface area contributed by atoms with Crippen molar-refractivity contribution in [3.8, 4) is 0 Å². The summed E-state index contributed by atoms with van der Waals surface area (Å²) < 4.78 is 70.7. The minimum absolute atomic E-state index is 0.0514. The zero-order chi connectivity index (χ0) is 28.6. The van der Waals surface area contributed by atoms with Crippen molar-refractivity contribution in [1.82, 2.24) is 15.6 Å². The number of pyridine rings is 1. The fourth-order valence-corrected chi connectivity index (χ4v) is 4.86. The molecule has 0 aliphatic carbocycles. The van der Waals surface area contributed by atoms with Gasteiger partial charge in [-0.2, -0.15) is 13.2 Å². The Morgan fingerprint density at radius 2 is 1.92 bits per heavy atom. The third-order valence-corrected chi connectivity index (χ3v) is 7.01. The second-order valence-electron chi connectivity index (χ2n) is 8.53. The minimum atomic E-state index is -4.63. The summed E-state index contributed by atoms with van der Waals surface area (Å²) in [5, 5.41) is 5.04. The SMILES string of the molecule is CC(=O)SCCNC(=O)CCNC(=O)[C@@H]1OP(=O)(OCOC(=O)c2ccc(C(F)(F)F)cn2)OCC1(C)C. The molecule has 0 saturated carbocycles. The van der Waals surface area contributed by atoms with Crippen LogP contribution in [0.25, 0.3) is 0 Å². The van der Waals surface area contributed by atoms with Crippen molar-refractivity contribution < 1.29 is 55.2 Å². The number of nitrogens with zero attached hydrogens (tertiary/aromatic N) is 1. The van der Waals surface area contributed by atoms with Crippen molar-refractivity contribution in [2.45, 2.75) is 39.5 Å². The summed E-state index contributed by atoms with van der Waals surface area (Å²) in [5.41, 5.74) is -2.46. The number of esters is 1. The molecule has 2 N–H and O–H groups in total. The lowest BCUT2D eigenvalue weighted by Crippen LogP contribution is -2.50. The number of hydrogen-bond donors (Lipinski definition) is 2. The zero-order valence-corrected chi connectivity index (χ0v) is 22.4. The number of aromatic nitrogens is 1. The van der Waals surface area contributed by atoms with E-state index in [0.717, 1.165) is 17.8 Å². The molecule has 2 atom stereocenters. The van der Waals surface area contributed by atoms with Crippen LogP contribution in [0.3, 0.4) is 0 Å². The van der Waals surface area contributed by atoms with E-state index in [1.54, 1.807) is 13.8 Å². The quantitative estimate of drug-likeness (QED) is 0.170. The van der Waals surface area contributed by atoms with Crippen molar-refractivity contribution >= 4 is 42.5 Å². The lowest BCUT2D eigenvalue weighted by Gasteiger charge is -2.39. The van der Waals surface area contributed by atoms with Crippen LogP contribution >= 0.6 is 19.6 Å². The summed E-state index contributed by atoms with van der Waals surface area (Å²) in [6, 6.07) is 1.44. The number of phosphoric ester groups is 1. The Kier molecular flexibility index (Phi) is 11.3. The number of hydrogen-bond acceptors (Lipinski definition) is 11. The predicted molar refractivity (Wildman–Crippen MR) is 127 cm³/mol. The molecule has 2 amide bonds. The van der Waals surface area contributed by atoms with Crippen molar-refractivity contribution in [2.75, 3.05) is 32.2 Å². The maximum Gasteiger partial charge on any atom is 0.478 e. The molecule has 0 bridgehead atoms. The van der Waals surface area contributed by atoms with Crippen molar-refractivity contribution in [3.63, 3.8) is 0 Å². The summed E-state index contributed by atoms with van der Waals surface area (Å²) in [6.45, 7) is 3.67. The molecule has 212 valence electrons. The van der Waals surface area contributed by atoms with E-state index in [0.29, 0.717) is 18.0 Å². The van der Waals surface area contributed by atoms with Gasteiger partial charge in [0.15, 0.2) is 11.2 Å². The number of alkyl halides is 3. The summed E-state index contributed by atoms with van der Waals surface area (Å²) >= 11 is 1.07. The fourth-order valence-electron chi connectivity index (χ4n) is 2.86. The van der Waals surface area contributed by atoms with Gasteiger partial charge in [0, 0.05) is 43.8 Å². The molecule has 38 heavy (non-hydrogen) atoms. The average molecular weight is 585 g/mol. The molecule has 1 saturated heterocycles. The van der Waals surface area contributed by atoms with Crippen LogP contribution in [0.4, 0.5) is 13.2 Å². The number of amides is 2. The first-order valence-electron chi connectivity index (χ1n) is 11.1. The number of rotatable bonds is 11. The Bertz CT molecular complexity index is 1070. The van der Waals surface area contributed by atoms with Gasteiger partial charge in [0.05, 0.1) is 12.2 Å². The third-order valence-electron chi connectivity index (χ3n) is 4.86. The van der Waals surface area contributed by atoms with Crippen molar-refractivity contribution in [2.24, 2.45) is 5.41 Å². The first kappa shape index (κ1) is 31.7. The summed E-state index contributed by atoms with van der Waals surface area (Å²) in [6.07, 6.45) is -5.55. The number of carbonyl (C=O) groups is 4. The Hall–Kier alpha value is -2.52. The van der Waals surface area contributed by atoms with Gasteiger partial charge in [-0.05, 0) is 12.1 Å². The van der Waals surface area contributed by atoms with E-state index in [4.69, 9.17) is 18.3 Å². The third kappa shape index (κ3) is 9.98. The number of phosphoric acid groups is 1. The van der Waals surface area contributed by atoms with Crippen LogP contribution < -0.4 is 10.6 Å². The van der Waals surface area contributed by atoms with Crippen molar-refractivity contribution in [1.29, 1.82) is 0 Å². The van der Waals surface area contributed by atoms with Gasteiger partial charge in [-0.3, -0.25) is 23.4 Å². The number of thioether (sulfide) groups is 1. The highest BCUT2D eigenvalue weighted by atomic mass is 32.2. The van der Waals surface area contributed by atoms with E-state index in [1.807, 2.05) is 0 Å².